The Balaban J connectivity index is 1.64. The minimum absolute atomic E-state index is 0.0679. The van der Waals surface area contributed by atoms with Gasteiger partial charge in [0.15, 0.2) is 6.04 Å². The Morgan fingerprint density at radius 1 is 1.07 bits per heavy atom. The molecule has 29 heavy (non-hydrogen) atoms. The van der Waals surface area contributed by atoms with E-state index in [1.165, 1.54) is 16.7 Å². The Morgan fingerprint density at radius 2 is 1.76 bits per heavy atom. The van der Waals surface area contributed by atoms with Crippen LogP contribution in [0, 0.1) is 5.92 Å². The van der Waals surface area contributed by atoms with Gasteiger partial charge in [0, 0.05) is 17.7 Å². The summed E-state index contributed by atoms with van der Waals surface area (Å²) >= 11 is 0. The average Bonchev–Trinajstić information content (AvgIpc) is 2.73. The number of hydrogen-bond acceptors (Lipinski definition) is 2. The number of hydrogen-bond donors (Lipinski definition) is 3. The first-order valence-electron chi connectivity index (χ1n) is 10.6. The third kappa shape index (κ3) is 5.67. The smallest absolute Gasteiger partial charge is 0.279 e. The molecule has 5 heteroatoms. The molecule has 154 valence electrons. The van der Waals surface area contributed by atoms with Crippen LogP contribution in [0.5, 0.6) is 0 Å². The van der Waals surface area contributed by atoms with Crippen LogP contribution in [0.1, 0.15) is 43.9 Å². The van der Waals surface area contributed by atoms with Gasteiger partial charge in [0.2, 0.25) is 5.91 Å². The Morgan fingerprint density at radius 3 is 2.41 bits per heavy atom. The SMILES string of the molecule is CCc1ccc(NC(=O)[C@@H](CC(C)C)NC(=O)[C@@H]2Cc3ccccc3C[NH2+]2)cc1. The second-order valence-corrected chi connectivity index (χ2v) is 8.25. The van der Waals surface area contributed by atoms with Crippen molar-refractivity contribution in [3.05, 3.63) is 65.2 Å². The van der Waals surface area contributed by atoms with E-state index in [0.717, 1.165) is 18.7 Å². The quantitative estimate of drug-likeness (QED) is 0.675. The predicted molar refractivity (Wildman–Crippen MR) is 115 cm³/mol. The normalized spacial score (nSPS) is 16.8. The monoisotopic (exact) mass is 394 g/mol. The molecule has 0 bridgehead atoms. The zero-order valence-electron chi connectivity index (χ0n) is 17.6. The van der Waals surface area contributed by atoms with Gasteiger partial charge in [0.1, 0.15) is 12.6 Å². The number of quaternary nitrogens is 1. The van der Waals surface area contributed by atoms with Gasteiger partial charge in [0.05, 0.1) is 0 Å². The van der Waals surface area contributed by atoms with Crippen LogP contribution in [0.15, 0.2) is 48.5 Å². The number of carbonyl (C=O) groups is 2. The molecule has 2 atom stereocenters. The van der Waals surface area contributed by atoms with Crippen molar-refractivity contribution in [2.45, 2.75) is 58.7 Å². The highest BCUT2D eigenvalue weighted by molar-refractivity contribution is 5.97. The molecule has 3 rings (SSSR count). The molecule has 0 aliphatic carbocycles. The third-order valence-electron chi connectivity index (χ3n) is 5.49. The van der Waals surface area contributed by atoms with E-state index in [0.29, 0.717) is 18.8 Å². The molecule has 1 heterocycles. The predicted octanol–water partition coefficient (Wildman–Crippen LogP) is 2.41. The summed E-state index contributed by atoms with van der Waals surface area (Å²) in [5.74, 6) is 0.0683. The van der Waals surface area contributed by atoms with Gasteiger partial charge < -0.3 is 16.0 Å². The van der Waals surface area contributed by atoms with E-state index in [1.54, 1.807) is 0 Å². The molecule has 2 aromatic rings. The first-order chi connectivity index (χ1) is 14.0. The lowest BCUT2D eigenvalue weighted by molar-refractivity contribution is -0.695. The van der Waals surface area contributed by atoms with Crippen molar-refractivity contribution in [1.29, 1.82) is 0 Å². The molecule has 0 saturated heterocycles. The van der Waals surface area contributed by atoms with Crippen molar-refractivity contribution in [2.75, 3.05) is 5.32 Å². The van der Waals surface area contributed by atoms with Gasteiger partial charge in [-0.15, -0.1) is 0 Å². The lowest BCUT2D eigenvalue weighted by Gasteiger charge is -2.25. The van der Waals surface area contributed by atoms with Crippen LogP contribution in [-0.4, -0.2) is 23.9 Å². The fourth-order valence-electron chi connectivity index (χ4n) is 3.78. The number of nitrogens with one attached hydrogen (secondary N) is 2. The van der Waals surface area contributed by atoms with Gasteiger partial charge in [-0.2, -0.15) is 0 Å². The summed E-state index contributed by atoms with van der Waals surface area (Å²) in [6.45, 7) is 7.01. The van der Waals surface area contributed by atoms with Crippen molar-refractivity contribution in [3.8, 4) is 0 Å². The van der Waals surface area contributed by atoms with Gasteiger partial charge in [-0.3, -0.25) is 9.59 Å². The minimum Gasteiger partial charge on any atom is -0.339 e. The van der Waals surface area contributed by atoms with Crippen LogP contribution in [0.4, 0.5) is 5.69 Å². The highest BCUT2D eigenvalue weighted by Gasteiger charge is 2.31. The van der Waals surface area contributed by atoms with E-state index in [4.69, 9.17) is 0 Å². The fourth-order valence-corrected chi connectivity index (χ4v) is 3.78. The first kappa shape index (κ1) is 21.1. The highest BCUT2D eigenvalue weighted by atomic mass is 16.2. The summed E-state index contributed by atoms with van der Waals surface area (Å²) in [5, 5.41) is 8.03. The van der Waals surface area contributed by atoms with Crippen molar-refractivity contribution < 1.29 is 14.9 Å². The molecule has 1 aliphatic rings. The Labute approximate surface area is 173 Å². The van der Waals surface area contributed by atoms with Crippen molar-refractivity contribution in [2.24, 2.45) is 5.92 Å². The maximum Gasteiger partial charge on any atom is 0.279 e. The number of amides is 2. The average molecular weight is 395 g/mol. The van der Waals surface area contributed by atoms with Gasteiger partial charge in [0.25, 0.3) is 5.91 Å². The zero-order chi connectivity index (χ0) is 20.8. The summed E-state index contributed by atoms with van der Waals surface area (Å²) in [4.78, 5) is 25.8. The number of rotatable bonds is 7. The zero-order valence-corrected chi connectivity index (χ0v) is 17.6. The minimum atomic E-state index is -0.543. The van der Waals surface area contributed by atoms with E-state index in [-0.39, 0.29) is 17.9 Å². The van der Waals surface area contributed by atoms with Crippen LogP contribution in [0.2, 0.25) is 0 Å². The van der Waals surface area contributed by atoms with Gasteiger partial charge >= 0.3 is 0 Å². The number of benzene rings is 2. The summed E-state index contributed by atoms with van der Waals surface area (Å²) in [6, 6.07) is 15.4. The number of fused-ring (bicyclic) bond motifs is 1. The standard InChI is InChI=1S/C24H31N3O2/c1-4-17-9-11-20(12-10-17)26-24(29)22(13-16(2)3)27-23(28)21-14-18-7-5-6-8-19(18)15-25-21/h5-12,16,21-22,25H,4,13-15H2,1-3H3,(H,26,29)(H,27,28)/p+1/t21-,22+/m0/s1. The third-order valence-corrected chi connectivity index (χ3v) is 5.49. The van der Waals surface area contributed by atoms with Crippen LogP contribution in [0.25, 0.3) is 0 Å². The maximum atomic E-state index is 12.9. The van der Waals surface area contributed by atoms with E-state index < -0.39 is 6.04 Å². The first-order valence-corrected chi connectivity index (χ1v) is 10.6. The Hall–Kier alpha value is -2.66. The van der Waals surface area contributed by atoms with Crippen LogP contribution >= 0.6 is 0 Å². The lowest BCUT2D eigenvalue weighted by atomic mass is 9.95. The van der Waals surface area contributed by atoms with Crippen LogP contribution < -0.4 is 16.0 Å². The molecular formula is C24H32N3O2+. The van der Waals surface area contributed by atoms with E-state index in [9.17, 15) is 9.59 Å². The molecule has 4 N–H and O–H groups in total. The molecule has 1 aliphatic heterocycles. The molecule has 0 fully saturated rings. The molecule has 0 unspecified atom stereocenters. The maximum absolute atomic E-state index is 12.9. The lowest BCUT2D eigenvalue weighted by Crippen LogP contribution is -2.93. The van der Waals surface area contributed by atoms with Crippen molar-refractivity contribution in [3.63, 3.8) is 0 Å². The second-order valence-electron chi connectivity index (χ2n) is 8.25. The van der Waals surface area contributed by atoms with E-state index in [2.05, 4.69) is 48.9 Å². The number of anilines is 1. The van der Waals surface area contributed by atoms with E-state index >= 15 is 0 Å². The summed E-state index contributed by atoms with van der Waals surface area (Å²) in [6.07, 6.45) is 2.26. The summed E-state index contributed by atoms with van der Waals surface area (Å²) in [5.41, 5.74) is 4.48. The molecule has 2 aromatic carbocycles. The largest absolute Gasteiger partial charge is 0.339 e. The molecule has 2 amide bonds. The molecule has 5 nitrogen and oxygen atoms in total. The molecule has 0 radical (unpaired) electrons. The van der Waals surface area contributed by atoms with Crippen LogP contribution in [0.3, 0.4) is 0 Å². The molecular weight excluding hydrogens is 362 g/mol. The Kier molecular flexibility index (Phi) is 7.04. The summed E-state index contributed by atoms with van der Waals surface area (Å²) in [7, 11) is 0. The van der Waals surface area contributed by atoms with Gasteiger partial charge in [-0.05, 0) is 42.0 Å². The second kappa shape index (κ2) is 9.70. The summed E-state index contributed by atoms with van der Waals surface area (Å²) < 4.78 is 0. The van der Waals surface area contributed by atoms with Crippen molar-refractivity contribution >= 4 is 17.5 Å². The highest BCUT2D eigenvalue weighted by Crippen LogP contribution is 2.15. The topological polar surface area (TPSA) is 74.8 Å². The van der Waals surface area contributed by atoms with Crippen molar-refractivity contribution in [1.82, 2.24) is 5.32 Å². The van der Waals surface area contributed by atoms with Gasteiger partial charge in [-0.1, -0.05) is 57.2 Å². The number of carbonyl (C=O) groups excluding carboxylic acids is 2. The van der Waals surface area contributed by atoms with Crippen LogP contribution in [-0.2, 0) is 29.0 Å². The molecule has 0 saturated carbocycles. The molecule has 0 aromatic heterocycles. The number of aryl methyl sites for hydroxylation is 1. The van der Waals surface area contributed by atoms with E-state index in [1.807, 2.05) is 36.4 Å². The Bertz CT molecular complexity index is 845. The fraction of sp³-hybridized carbons (Fsp3) is 0.417. The number of nitrogens with two attached hydrogens (primary N) is 1. The molecule has 0 spiro atoms. The van der Waals surface area contributed by atoms with Gasteiger partial charge in [-0.25, -0.2) is 0 Å².